The Morgan fingerprint density at radius 3 is 2.47 bits per heavy atom. The molecule has 1 unspecified atom stereocenters. The minimum absolute atomic E-state index is 0.0109. The Labute approximate surface area is 104 Å². The molecule has 0 amide bonds. The number of rotatable bonds is 3. The van der Waals surface area contributed by atoms with E-state index in [0.29, 0.717) is 5.02 Å². The summed E-state index contributed by atoms with van der Waals surface area (Å²) in [6.45, 7) is 1.97. The van der Waals surface area contributed by atoms with Crippen LogP contribution >= 0.6 is 11.6 Å². The van der Waals surface area contributed by atoms with Gasteiger partial charge in [0.05, 0.1) is 17.9 Å². The first-order chi connectivity index (χ1) is 8.15. The van der Waals surface area contributed by atoms with E-state index in [9.17, 15) is 4.39 Å². The van der Waals surface area contributed by atoms with E-state index < -0.39 is 0 Å². The fraction of sp³-hybridized carbons (Fsp3) is 0.154. The maximum absolute atomic E-state index is 12.7. The second-order valence-corrected chi connectivity index (χ2v) is 4.21. The highest BCUT2D eigenvalue weighted by atomic mass is 35.5. The van der Waals surface area contributed by atoms with Crippen molar-refractivity contribution in [2.24, 2.45) is 0 Å². The molecule has 0 aliphatic heterocycles. The smallest absolute Gasteiger partial charge is 0.141 e. The van der Waals surface area contributed by atoms with Crippen LogP contribution in [0.3, 0.4) is 0 Å². The molecule has 88 valence electrons. The number of anilines is 1. The van der Waals surface area contributed by atoms with E-state index in [1.165, 1.54) is 12.3 Å². The third-order valence-electron chi connectivity index (χ3n) is 2.42. The van der Waals surface area contributed by atoms with Gasteiger partial charge in [-0.2, -0.15) is 0 Å². The van der Waals surface area contributed by atoms with Crippen LogP contribution < -0.4 is 5.32 Å². The predicted molar refractivity (Wildman–Crippen MR) is 67.7 cm³/mol. The van der Waals surface area contributed by atoms with Gasteiger partial charge in [0.2, 0.25) is 0 Å². The van der Waals surface area contributed by atoms with Crippen molar-refractivity contribution in [3.63, 3.8) is 0 Å². The van der Waals surface area contributed by atoms with Gasteiger partial charge < -0.3 is 5.32 Å². The van der Waals surface area contributed by atoms with Crippen LogP contribution in [0.5, 0.6) is 0 Å². The summed E-state index contributed by atoms with van der Waals surface area (Å²) in [7, 11) is 0. The van der Waals surface area contributed by atoms with E-state index >= 15 is 0 Å². The normalized spacial score (nSPS) is 12.2. The molecule has 0 saturated heterocycles. The van der Waals surface area contributed by atoms with Gasteiger partial charge in [-0.15, -0.1) is 0 Å². The molecule has 1 heterocycles. The summed E-state index contributed by atoms with van der Waals surface area (Å²) in [6, 6.07) is 10.5. The van der Waals surface area contributed by atoms with E-state index in [2.05, 4.69) is 10.3 Å². The maximum atomic E-state index is 12.7. The molecule has 0 saturated carbocycles. The fourth-order valence-electron chi connectivity index (χ4n) is 1.51. The van der Waals surface area contributed by atoms with Crippen LogP contribution in [0.4, 0.5) is 10.1 Å². The van der Waals surface area contributed by atoms with E-state index in [1.54, 1.807) is 6.07 Å². The van der Waals surface area contributed by atoms with Gasteiger partial charge in [-0.05, 0) is 43.3 Å². The van der Waals surface area contributed by atoms with Crippen molar-refractivity contribution >= 4 is 17.3 Å². The summed E-state index contributed by atoms with van der Waals surface area (Å²) in [5, 5.41) is 3.96. The molecular weight excluding hydrogens is 239 g/mol. The molecule has 0 bridgehead atoms. The highest BCUT2D eigenvalue weighted by Crippen LogP contribution is 2.19. The molecule has 2 aromatic rings. The Bertz CT molecular complexity index is 482. The molecule has 0 spiro atoms. The van der Waals surface area contributed by atoms with Crippen LogP contribution in [0.15, 0.2) is 42.6 Å². The topological polar surface area (TPSA) is 24.9 Å². The van der Waals surface area contributed by atoms with Crippen molar-refractivity contribution in [3.05, 3.63) is 59.1 Å². The predicted octanol–water partition coefficient (Wildman–Crippen LogP) is 4.05. The monoisotopic (exact) mass is 250 g/mol. The van der Waals surface area contributed by atoms with Crippen molar-refractivity contribution in [2.45, 2.75) is 13.0 Å². The quantitative estimate of drug-likeness (QED) is 0.889. The Balaban J connectivity index is 2.08. The lowest BCUT2D eigenvalue weighted by atomic mass is 10.2. The van der Waals surface area contributed by atoms with Crippen molar-refractivity contribution in [1.29, 1.82) is 0 Å². The second kappa shape index (κ2) is 5.15. The molecule has 1 atom stereocenters. The second-order valence-electron chi connectivity index (χ2n) is 3.77. The van der Waals surface area contributed by atoms with Crippen molar-refractivity contribution in [1.82, 2.24) is 4.98 Å². The summed E-state index contributed by atoms with van der Waals surface area (Å²) < 4.78 is 12.7. The Kier molecular flexibility index (Phi) is 3.59. The fourth-order valence-corrected chi connectivity index (χ4v) is 1.64. The van der Waals surface area contributed by atoms with Crippen LogP contribution in [0, 0.1) is 5.82 Å². The van der Waals surface area contributed by atoms with E-state index in [-0.39, 0.29) is 11.9 Å². The Hall–Kier alpha value is -1.61. The zero-order valence-corrected chi connectivity index (χ0v) is 10.1. The largest absolute Gasteiger partial charge is 0.377 e. The molecule has 0 aliphatic rings. The lowest BCUT2D eigenvalue weighted by Gasteiger charge is -2.14. The Morgan fingerprint density at radius 1 is 1.18 bits per heavy atom. The van der Waals surface area contributed by atoms with Crippen LogP contribution in [-0.4, -0.2) is 4.98 Å². The highest BCUT2D eigenvalue weighted by Gasteiger charge is 2.06. The maximum Gasteiger partial charge on any atom is 0.141 e. The first-order valence-electron chi connectivity index (χ1n) is 5.29. The molecule has 1 aromatic carbocycles. The van der Waals surface area contributed by atoms with Gasteiger partial charge in [0.1, 0.15) is 5.82 Å². The average molecular weight is 251 g/mol. The standard InChI is InChI=1S/C13H12ClFN2/c1-9(13-7-4-11(15)8-16-13)17-12-5-2-10(14)3-6-12/h2-9,17H,1H3. The summed E-state index contributed by atoms with van der Waals surface area (Å²) in [6.07, 6.45) is 1.22. The average Bonchev–Trinajstić information content (AvgIpc) is 2.33. The molecular formula is C13H12ClFN2. The van der Waals surface area contributed by atoms with Gasteiger partial charge in [-0.1, -0.05) is 11.6 Å². The number of nitrogens with zero attached hydrogens (tertiary/aromatic N) is 1. The molecule has 1 N–H and O–H groups in total. The summed E-state index contributed by atoms with van der Waals surface area (Å²) in [5.41, 5.74) is 1.74. The number of nitrogens with one attached hydrogen (secondary N) is 1. The SMILES string of the molecule is CC(Nc1ccc(Cl)cc1)c1ccc(F)cn1. The number of halogens is 2. The molecule has 17 heavy (non-hydrogen) atoms. The van der Waals surface area contributed by atoms with Gasteiger partial charge in [0.15, 0.2) is 0 Å². The first-order valence-corrected chi connectivity index (χ1v) is 5.66. The van der Waals surface area contributed by atoms with Gasteiger partial charge in [0.25, 0.3) is 0 Å². The summed E-state index contributed by atoms with van der Waals surface area (Å²) in [4.78, 5) is 4.03. The third-order valence-corrected chi connectivity index (χ3v) is 2.67. The number of hydrogen-bond donors (Lipinski definition) is 1. The van der Waals surface area contributed by atoms with E-state index in [0.717, 1.165) is 11.4 Å². The molecule has 0 radical (unpaired) electrons. The molecule has 2 rings (SSSR count). The van der Waals surface area contributed by atoms with E-state index in [1.807, 2.05) is 31.2 Å². The van der Waals surface area contributed by atoms with Crippen LogP contribution in [-0.2, 0) is 0 Å². The van der Waals surface area contributed by atoms with Crippen LogP contribution in [0.2, 0.25) is 5.02 Å². The van der Waals surface area contributed by atoms with Gasteiger partial charge in [0, 0.05) is 10.7 Å². The summed E-state index contributed by atoms with van der Waals surface area (Å²) in [5.74, 6) is -0.326. The van der Waals surface area contributed by atoms with Crippen molar-refractivity contribution in [2.75, 3.05) is 5.32 Å². The summed E-state index contributed by atoms with van der Waals surface area (Å²) >= 11 is 5.80. The van der Waals surface area contributed by atoms with Crippen LogP contribution in [0.1, 0.15) is 18.7 Å². The zero-order chi connectivity index (χ0) is 12.3. The van der Waals surface area contributed by atoms with Crippen molar-refractivity contribution in [3.8, 4) is 0 Å². The zero-order valence-electron chi connectivity index (χ0n) is 9.32. The number of aromatic nitrogens is 1. The van der Waals surface area contributed by atoms with Gasteiger partial charge >= 0.3 is 0 Å². The van der Waals surface area contributed by atoms with E-state index in [4.69, 9.17) is 11.6 Å². The molecule has 0 aliphatic carbocycles. The minimum Gasteiger partial charge on any atom is -0.377 e. The molecule has 4 heteroatoms. The van der Waals surface area contributed by atoms with Gasteiger partial charge in [-0.25, -0.2) is 4.39 Å². The number of hydrogen-bond acceptors (Lipinski definition) is 2. The lowest BCUT2D eigenvalue weighted by molar-refractivity contribution is 0.617. The molecule has 2 nitrogen and oxygen atoms in total. The first kappa shape index (κ1) is 11.9. The Morgan fingerprint density at radius 2 is 1.88 bits per heavy atom. The number of pyridine rings is 1. The van der Waals surface area contributed by atoms with Gasteiger partial charge in [-0.3, -0.25) is 4.98 Å². The van der Waals surface area contributed by atoms with Crippen LogP contribution in [0.25, 0.3) is 0 Å². The molecule has 1 aromatic heterocycles. The highest BCUT2D eigenvalue weighted by molar-refractivity contribution is 6.30. The molecule has 0 fully saturated rings. The third kappa shape index (κ3) is 3.17. The lowest BCUT2D eigenvalue weighted by Crippen LogP contribution is -2.08. The van der Waals surface area contributed by atoms with Crippen molar-refractivity contribution < 1.29 is 4.39 Å². The number of benzene rings is 1. The minimum atomic E-state index is -0.326.